The fourth-order valence-corrected chi connectivity index (χ4v) is 5.62. The summed E-state index contributed by atoms with van der Waals surface area (Å²) in [6.07, 6.45) is 2.62. The van der Waals surface area contributed by atoms with Crippen LogP contribution in [0.2, 0.25) is 0 Å². The molecule has 1 saturated heterocycles. The third kappa shape index (κ3) is 6.50. The van der Waals surface area contributed by atoms with Gasteiger partial charge in [-0.1, -0.05) is 12.1 Å². The van der Waals surface area contributed by atoms with E-state index in [-0.39, 0.29) is 30.6 Å². The minimum Gasteiger partial charge on any atom is -0.493 e. The number of amides is 3. The van der Waals surface area contributed by atoms with Crippen LogP contribution in [-0.2, 0) is 16.0 Å². The summed E-state index contributed by atoms with van der Waals surface area (Å²) in [5, 5.41) is 5.07. The van der Waals surface area contributed by atoms with Crippen LogP contribution in [0.5, 0.6) is 11.5 Å². The number of methoxy groups -OCH3 is 1. The van der Waals surface area contributed by atoms with E-state index in [2.05, 4.69) is 16.8 Å². The predicted molar refractivity (Wildman–Crippen MR) is 140 cm³/mol. The molecule has 1 N–H and O–H groups in total. The summed E-state index contributed by atoms with van der Waals surface area (Å²) in [7, 11) is 1.61. The number of thiophene rings is 1. The first kappa shape index (κ1) is 26.3. The minimum atomic E-state index is -0.406. The van der Waals surface area contributed by atoms with Crippen molar-refractivity contribution in [3.8, 4) is 11.5 Å². The molecule has 36 heavy (non-hydrogen) atoms. The van der Waals surface area contributed by atoms with E-state index < -0.39 is 5.54 Å². The average Bonchev–Trinajstić information content (AvgIpc) is 3.53. The first-order valence-electron chi connectivity index (χ1n) is 12.6. The molecular weight excluding hydrogens is 478 g/mol. The molecule has 1 aromatic carbocycles. The maximum Gasteiger partial charge on any atom is 0.318 e. The van der Waals surface area contributed by atoms with Crippen molar-refractivity contribution in [2.24, 2.45) is 0 Å². The number of urea groups is 1. The Labute approximate surface area is 217 Å². The summed E-state index contributed by atoms with van der Waals surface area (Å²) in [6.45, 7) is 7.78. The Balaban J connectivity index is 1.51. The second kappa shape index (κ2) is 11.5. The molecule has 3 amide bonds. The van der Waals surface area contributed by atoms with Gasteiger partial charge in [-0.05, 0) is 69.2 Å². The van der Waals surface area contributed by atoms with Gasteiger partial charge in [-0.2, -0.15) is 0 Å². The Bertz CT molecular complexity index is 1040. The Morgan fingerprint density at radius 3 is 2.69 bits per heavy atom. The smallest absolute Gasteiger partial charge is 0.318 e. The van der Waals surface area contributed by atoms with Crippen LogP contribution in [-0.4, -0.2) is 73.3 Å². The second-order valence-electron chi connectivity index (χ2n) is 10.3. The molecule has 2 aliphatic rings. The number of fused-ring (bicyclic) bond motifs is 1. The van der Waals surface area contributed by atoms with Crippen LogP contribution in [0.4, 0.5) is 4.79 Å². The van der Waals surface area contributed by atoms with Crippen LogP contribution >= 0.6 is 11.3 Å². The minimum absolute atomic E-state index is 0.00754. The number of hydrogen-bond acceptors (Lipinski definition) is 6. The monoisotopic (exact) mass is 515 g/mol. The van der Waals surface area contributed by atoms with Gasteiger partial charge >= 0.3 is 6.03 Å². The van der Waals surface area contributed by atoms with Gasteiger partial charge < -0.3 is 29.3 Å². The number of carbonyl (C=O) groups excluding carboxylic acids is 2. The van der Waals surface area contributed by atoms with Crippen molar-refractivity contribution in [1.82, 2.24) is 15.1 Å². The Morgan fingerprint density at radius 1 is 1.22 bits per heavy atom. The lowest BCUT2D eigenvalue weighted by molar-refractivity contribution is -0.135. The van der Waals surface area contributed by atoms with Gasteiger partial charge in [0.25, 0.3) is 0 Å². The lowest BCUT2D eigenvalue weighted by Gasteiger charge is -2.37. The Kier molecular flexibility index (Phi) is 8.41. The SMILES string of the molecule is COc1ccccc1OC[C@H]1c2ccsc2CCN1C(=O)CN(C[C@@H]1CCCO1)C(=O)NC(C)(C)C. The number of nitrogens with one attached hydrogen (secondary N) is 1. The third-order valence-corrected chi connectivity index (χ3v) is 7.42. The van der Waals surface area contributed by atoms with Gasteiger partial charge in [0.1, 0.15) is 13.2 Å². The van der Waals surface area contributed by atoms with Crippen molar-refractivity contribution >= 4 is 23.3 Å². The van der Waals surface area contributed by atoms with Crippen LogP contribution in [0.25, 0.3) is 0 Å². The summed E-state index contributed by atoms with van der Waals surface area (Å²) >= 11 is 1.71. The van der Waals surface area contributed by atoms with Gasteiger partial charge in [0, 0.05) is 30.1 Å². The average molecular weight is 516 g/mol. The van der Waals surface area contributed by atoms with Gasteiger partial charge in [0.15, 0.2) is 11.5 Å². The van der Waals surface area contributed by atoms with Crippen molar-refractivity contribution in [2.75, 3.05) is 40.0 Å². The largest absolute Gasteiger partial charge is 0.493 e. The Hall–Kier alpha value is -2.78. The van der Waals surface area contributed by atoms with E-state index in [9.17, 15) is 9.59 Å². The van der Waals surface area contributed by atoms with Crippen molar-refractivity contribution in [2.45, 2.75) is 57.7 Å². The fourth-order valence-electron chi connectivity index (χ4n) is 4.69. The zero-order chi connectivity index (χ0) is 25.7. The fraction of sp³-hybridized carbons (Fsp3) is 0.556. The molecule has 0 spiro atoms. The first-order chi connectivity index (χ1) is 17.2. The van der Waals surface area contributed by atoms with Crippen LogP contribution in [0.1, 0.15) is 50.1 Å². The van der Waals surface area contributed by atoms with E-state index in [0.717, 1.165) is 24.8 Å². The molecule has 0 bridgehead atoms. The van der Waals surface area contributed by atoms with E-state index in [1.165, 1.54) is 4.88 Å². The summed E-state index contributed by atoms with van der Waals surface area (Å²) in [6, 6.07) is 9.09. The third-order valence-electron chi connectivity index (χ3n) is 6.42. The van der Waals surface area contributed by atoms with Crippen molar-refractivity contribution < 1.29 is 23.8 Å². The summed E-state index contributed by atoms with van der Waals surface area (Å²) < 4.78 is 17.4. The zero-order valence-electron chi connectivity index (χ0n) is 21.6. The highest BCUT2D eigenvalue weighted by Crippen LogP contribution is 2.35. The molecule has 2 atom stereocenters. The molecule has 4 rings (SSSR count). The molecule has 1 fully saturated rings. The van der Waals surface area contributed by atoms with E-state index in [0.29, 0.717) is 37.8 Å². The topological polar surface area (TPSA) is 80.3 Å². The number of hydrogen-bond donors (Lipinski definition) is 1. The predicted octanol–water partition coefficient (Wildman–Crippen LogP) is 4.25. The molecule has 9 heteroatoms. The van der Waals surface area contributed by atoms with Crippen molar-refractivity contribution in [3.05, 3.63) is 46.2 Å². The summed E-state index contributed by atoms with van der Waals surface area (Å²) in [4.78, 5) is 31.6. The number of rotatable bonds is 8. The lowest BCUT2D eigenvalue weighted by atomic mass is 10.0. The van der Waals surface area contributed by atoms with Crippen LogP contribution in [0, 0.1) is 0 Å². The Morgan fingerprint density at radius 2 is 2.00 bits per heavy atom. The van der Waals surface area contributed by atoms with Gasteiger partial charge in [0.2, 0.25) is 5.91 Å². The highest BCUT2D eigenvalue weighted by Gasteiger charge is 2.35. The normalized spacial score (nSPS) is 19.5. The zero-order valence-corrected chi connectivity index (χ0v) is 22.4. The molecule has 2 aliphatic heterocycles. The number of benzene rings is 1. The second-order valence-corrected chi connectivity index (χ2v) is 11.3. The molecule has 3 heterocycles. The molecule has 0 unspecified atom stereocenters. The summed E-state index contributed by atoms with van der Waals surface area (Å²) in [5.74, 6) is 1.19. The van der Waals surface area contributed by atoms with Crippen LogP contribution in [0.3, 0.4) is 0 Å². The number of nitrogens with zero attached hydrogens (tertiary/aromatic N) is 2. The molecule has 2 aromatic rings. The highest BCUT2D eigenvalue weighted by molar-refractivity contribution is 7.10. The van der Waals surface area contributed by atoms with E-state index in [1.807, 2.05) is 49.9 Å². The van der Waals surface area contributed by atoms with Gasteiger partial charge in [-0.3, -0.25) is 4.79 Å². The molecule has 196 valence electrons. The standard InChI is InChI=1S/C27H37N3O5S/c1-27(2,3)28-26(32)29(16-19-8-7-14-34-19)17-25(31)30-13-11-24-20(12-15-36-24)21(30)18-35-23-10-6-5-9-22(23)33-4/h5-6,9-10,12,15,19,21H,7-8,11,13-14,16-18H2,1-4H3,(H,28,32)/t19-,21-/m0/s1. The maximum absolute atomic E-state index is 13.7. The quantitative estimate of drug-likeness (QED) is 0.569. The maximum atomic E-state index is 13.7. The van der Waals surface area contributed by atoms with E-state index >= 15 is 0 Å². The molecule has 0 saturated carbocycles. The number of carbonyl (C=O) groups is 2. The lowest BCUT2D eigenvalue weighted by Crippen LogP contribution is -2.54. The molecule has 1 aromatic heterocycles. The van der Waals surface area contributed by atoms with Crippen molar-refractivity contribution in [3.63, 3.8) is 0 Å². The number of para-hydroxylation sites is 2. The molecule has 0 aliphatic carbocycles. The molecular formula is C27H37N3O5S. The van der Waals surface area contributed by atoms with Gasteiger partial charge in [0.05, 0.1) is 19.3 Å². The number of ether oxygens (including phenoxy) is 3. The highest BCUT2D eigenvalue weighted by atomic mass is 32.1. The van der Waals surface area contributed by atoms with E-state index in [1.54, 1.807) is 23.3 Å². The van der Waals surface area contributed by atoms with Crippen LogP contribution < -0.4 is 14.8 Å². The van der Waals surface area contributed by atoms with E-state index in [4.69, 9.17) is 14.2 Å². The van der Waals surface area contributed by atoms with Crippen molar-refractivity contribution in [1.29, 1.82) is 0 Å². The van der Waals surface area contributed by atoms with Crippen LogP contribution in [0.15, 0.2) is 35.7 Å². The van der Waals surface area contributed by atoms with Gasteiger partial charge in [-0.25, -0.2) is 4.79 Å². The van der Waals surface area contributed by atoms with Gasteiger partial charge in [-0.15, -0.1) is 11.3 Å². The summed E-state index contributed by atoms with van der Waals surface area (Å²) in [5.41, 5.74) is 0.704. The first-order valence-corrected chi connectivity index (χ1v) is 13.4. The molecule has 0 radical (unpaired) electrons. The molecule has 8 nitrogen and oxygen atoms in total.